The second-order valence-corrected chi connectivity index (χ2v) is 7.43. The Kier molecular flexibility index (Phi) is 4.10. The topological polar surface area (TPSA) is 92.7 Å². The van der Waals surface area contributed by atoms with Crippen molar-refractivity contribution in [3.63, 3.8) is 0 Å². The molecule has 1 aromatic carbocycles. The van der Waals surface area contributed by atoms with E-state index in [0.717, 1.165) is 12.7 Å². The van der Waals surface area contributed by atoms with Crippen molar-refractivity contribution in [3.05, 3.63) is 29.3 Å². The molecule has 0 amide bonds. The van der Waals surface area contributed by atoms with Gasteiger partial charge in [0.2, 0.25) is 9.84 Å². The largest absolute Gasteiger partial charge is 0.468 e. The summed E-state index contributed by atoms with van der Waals surface area (Å²) in [5.41, 5.74) is 1.46. The molecule has 0 aromatic heterocycles. The number of ether oxygens (including phenoxy) is 1. The third-order valence-corrected chi connectivity index (χ3v) is 6.21. The molecule has 1 aliphatic rings. The third kappa shape index (κ3) is 2.45. The van der Waals surface area contributed by atoms with Crippen LogP contribution >= 0.6 is 0 Å². The number of aryl methyl sites for hydroxylation is 2. The molecule has 0 saturated carbocycles. The van der Waals surface area contributed by atoms with Crippen LogP contribution in [0.1, 0.15) is 17.5 Å². The lowest BCUT2D eigenvalue weighted by molar-refractivity contribution is -0.145. The second kappa shape index (κ2) is 5.40. The van der Waals surface area contributed by atoms with Crippen LogP contribution in [-0.4, -0.2) is 44.1 Å². The highest BCUT2D eigenvalue weighted by atomic mass is 32.2. The number of esters is 1. The lowest BCUT2D eigenvalue weighted by atomic mass is 10.1. The van der Waals surface area contributed by atoms with E-state index >= 15 is 0 Å². The number of methoxy groups -OCH3 is 1. The summed E-state index contributed by atoms with van der Waals surface area (Å²) in [4.78, 5) is 9.58. The number of carbonyl (C=O) groups excluding carboxylic acids is 1. The summed E-state index contributed by atoms with van der Waals surface area (Å²) in [6.45, 7) is 3.74. The zero-order valence-electron chi connectivity index (χ0n) is 12.2. The predicted molar refractivity (Wildman–Crippen MR) is 76.5 cm³/mol. The van der Waals surface area contributed by atoms with E-state index in [2.05, 4.69) is 10.1 Å². The van der Waals surface area contributed by atoms with Crippen LogP contribution < -0.4 is 5.32 Å². The molecule has 1 aliphatic heterocycles. The number of hydrogen-bond donors (Lipinski definition) is 2. The van der Waals surface area contributed by atoms with Crippen molar-refractivity contribution >= 4 is 15.8 Å². The van der Waals surface area contributed by atoms with Crippen LogP contribution in [0.2, 0.25) is 0 Å². The first-order valence-corrected chi connectivity index (χ1v) is 8.08. The van der Waals surface area contributed by atoms with Gasteiger partial charge in [-0.1, -0.05) is 17.7 Å². The quantitative estimate of drug-likeness (QED) is 0.780. The number of rotatable bonds is 3. The summed E-state index contributed by atoms with van der Waals surface area (Å²) in [7, 11) is -2.94. The van der Waals surface area contributed by atoms with Crippen molar-refractivity contribution in [3.8, 4) is 0 Å². The van der Waals surface area contributed by atoms with E-state index in [9.17, 15) is 18.3 Å². The van der Waals surface area contributed by atoms with E-state index in [-0.39, 0.29) is 17.9 Å². The Morgan fingerprint density at radius 2 is 2.10 bits per heavy atom. The van der Waals surface area contributed by atoms with Crippen LogP contribution in [0.3, 0.4) is 0 Å². The Labute approximate surface area is 124 Å². The highest BCUT2D eigenvalue weighted by Gasteiger charge is 2.56. The first-order valence-electron chi connectivity index (χ1n) is 6.59. The van der Waals surface area contributed by atoms with Gasteiger partial charge in [-0.05, 0) is 32.0 Å². The van der Waals surface area contributed by atoms with Gasteiger partial charge in [0.05, 0.1) is 12.0 Å². The number of sulfone groups is 1. The molecule has 2 unspecified atom stereocenters. The number of carbonyl (C=O) groups is 1. The fourth-order valence-corrected chi connectivity index (χ4v) is 4.64. The highest BCUT2D eigenvalue weighted by molar-refractivity contribution is 7.92. The molecule has 2 atom stereocenters. The molecule has 0 bridgehead atoms. The first-order chi connectivity index (χ1) is 9.74. The molecular weight excluding hydrogens is 294 g/mol. The van der Waals surface area contributed by atoms with Crippen LogP contribution in [0.15, 0.2) is 23.1 Å². The van der Waals surface area contributed by atoms with Crippen LogP contribution in [0.25, 0.3) is 0 Å². The molecule has 1 saturated heterocycles. The number of aliphatic hydroxyl groups is 1. The van der Waals surface area contributed by atoms with E-state index in [1.54, 1.807) is 19.1 Å². The van der Waals surface area contributed by atoms with Gasteiger partial charge in [0.1, 0.15) is 6.04 Å². The molecule has 0 aliphatic carbocycles. The van der Waals surface area contributed by atoms with Gasteiger partial charge >= 0.3 is 5.97 Å². The van der Waals surface area contributed by atoms with Crippen LogP contribution in [0, 0.1) is 13.8 Å². The summed E-state index contributed by atoms with van der Waals surface area (Å²) >= 11 is 0. The first kappa shape index (κ1) is 15.9. The Morgan fingerprint density at radius 1 is 1.43 bits per heavy atom. The molecule has 6 nitrogen and oxygen atoms in total. The van der Waals surface area contributed by atoms with Gasteiger partial charge in [0.15, 0.2) is 4.93 Å². The zero-order valence-corrected chi connectivity index (χ0v) is 13.0. The summed E-state index contributed by atoms with van der Waals surface area (Å²) in [5.74, 6) is -0.789. The smallest absolute Gasteiger partial charge is 0.327 e. The molecule has 2 N–H and O–H groups in total. The van der Waals surface area contributed by atoms with Crippen molar-refractivity contribution in [2.75, 3.05) is 13.7 Å². The van der Waals surface area contributed by atoms with Gasteiger partial charge in [-0.3, -0.25) is 4.79 Å². The van der Waals surface area contributed by atoms with Crippen LogP contribution in [0.5, 0.6) is 0 Å². The standard InChI is InChI=1S/C14H19NO5S/c1-9-4-5-11(10(2)8-9)21(18,19)14(17)6-7-15-12(14)13(16)20-3/h4-5,8,12,15,17H,6-7H2,1-3H3. The van der Waals surface area contributed by atoms with E-state index in [1.165, 1.54) is 6.07 Å². The maximum absolute atomic E-state index is 12.8. The monoisotopic (exact) mass is 313 g/mol. The van der Waals surface area contributed by atoms with Gasteiger partial charge in [0, 0.05) is 6.42 Å². The second-order valence-electron chi connectivity index (χ2n) is 5.28. The maximum atomic E-state index is 12.8. The summed E-state index contributed by atoms with van der Waals surface area (Å²) in [6, 6.07) is 3.57. The fourth-order valence-electron chi connectivity index (χ4n) is 2.67. The van der Waals surface area contributed by atoms with Crippen molar-refractivity contribution in [2.45, 2.75) is 36.1 Å². The van der Waals surface area contributed by atoms with Gasteiger partial charge in [-0.25, -0.2) is 8.42 Å². The summed E-state index contributed by atoms with van der Waals surface area (Å²) < 4.78 is 30.2. The fraction of sp³-hybridized carbons (Fsp3) is 0.500. The molecule has 1 aromatic rings. The number of benzene rings is 1. The van der Waals surface area contributed by atoms with E-state index in [1.807, 2.05) is 6.92 Å². The molecule has 0 radical (unpaired) electrons. The molecular formula is C14H19NO5S. The van der Waals surface area contributed by atoms with Gasteiger partial charge in [-0.15, -0.1) is 0 Å². The zero-order chi connectivity index (χ0) is 15.8. The average molecular weight is 313 g/mol. The Balaban J connectivity index is 2.54. The van der Waals surface area contributed by atoms with E-state index < -0.39 is 26.8 Å². The van der Waals surface area contributed by atoms with Crippen molar-refractivity contribution in [1.29, 1.82) is 0 Å². The minimum absolute atomic E-state index is 0.0354. The molecule has 116 valence electrons. The lowest BCUT2D eigenvalue weighted by Crippen LogP contribution is -2.53. The Morgan fingerprint density at radius 3 is 2.67 bits per heavy atom. The Bertz CT molecular complexity index is 670. The molecule has 2 rings (SSSR count). The van der Waals surface area contributed by atoms with E-state index in [4.69, 9.17) is 0 Å². The van der Waals surface area contributed by atoms with Gasteiger partial charge in [-0.2, -0.15) is 0 Å². The van der Waals surface area contributed by atoms with Gasteiger partial charge in [0.25, 0.3) is 0 Å². The minimum atomic E-state index is -4.10. The Hall–Kier alpha value is -1.44. The van der Waals surface area contributed by atoms with E-state index in [0.29, 0.717) is 5.56 Å². The summed E-state index contributed by atoms with van der Waals surface area (Å²) in [5, 5.41) is 13.4. The maximum Gasteiger partial charge on any atom is 0.327 e. The lowest BCUT2D eigenvalue weighted by Gasteiger charge is -2.28. The van der Waals surface area contributed by atoms with Crippen molar-refractivity contribution in [1.82, 2.24) is 5.32 Å². The number of hydrogen-bond acceptors (Lipinski definition) is 6. The van der Waals surface area contributed by atoms with Crippen LogP contribution in [-0.2, 0) is 19.4 Å². The molecule has 7 heteroatoms. The molecule has 0 spiro atoms. The van der Waals surface area contributed by atoms with Crippen LogP contribution in [0.4, 0.5) is 0 Å². The normalized spacial score (nSPS) is 25.8. The average Bonchev–Trinajstić information content (AvgIpc) is 2.81. The minimum Gasteiger partial charge on any atom is -0.468 e. The SMILES string of the molecule is COC(=O)C1NCCC1(O)S(=O)(=O)c1ccc(C)cc1C. The van der Waals surface area contributed by atoms with Gasteiger partial charge < -0.3 is 15.2 Å². The number of nitrogens with one attached hydrogen (secondary N) is 1. The molecule has 1 fully saturated rings. The van der Waals surface area contributed by atoms with Crippen molar-refractivity contribution in [2.24, 2.45) is 0 Å². The molecule has 21 heavy (non-hydrogen) atoms. The van der Waals surface area contributed by atoms with Crippen molar-refractivity contribution < 1.29 is 23.1 Å². The third-order valence-electron chi connectivity index (χ3n) is 3.80. The predicted octanol–water partition coefficient (Wildman–Crippen LogP) is 0.301. The highest BCUT2D eigenvalue weighted by Crippen LogP contribution is 2.35. The molecule has 1 heterocycles. The summed E-state index contributed by atoms with van der Waals surface area (Å²) in [6.07, 6.45) is -0.0670.